The maximum absolute atomic E-state index is 12.6. The molecule has 2 aromatic carbocycles. The van der Waals surface area contributed by atoms with Crippen LogP contribution in [-0.2, 0) is 22.7 Å². The summed E-state index contributed by atoms with van der Waals surface area (Å²) < 4.78 is 0. The number of nitrogens with zero attached hydrogens (tertiary/aromatic N) is 2. The summed E-state index contributed by atoms with van der Waals surface area (Å²) in [6.45, 7) is 10.9. The molecular formula is C23H26N2O2. The SMILES string of the molecule is C=CC(=O)N(CCN(Cc1ccccc1)C(=O)C(=C)C)Cc1ccccc1. The van der Waals surface area contributed by atoms with Crippen LogP contribution < -0.4 is 0 Å². The number of carbonyl (C=O) groups excluding carboxylic acids is 2. The third kappa shape index (κ3) is 6.26. The maximum Gasteiger partial charge on any atom is 0.249 e. The molecule has 0 heterocycles. The van der Waals surface area contributed by atoms with E-state index in [4.69, 9.17) is 0 Å². The van der Waals surface area contributed by atoms with Crippen molar-refractivity contribution >= 4 is 11.8 Å². The summed E-state index contributed by atoms with van der Waals surface area (Å²) in [5.74, 6) is -0.258. The summed E-state index contributed by atoms with van der Waals surface area (Å²) in [7, 11) is 0. The summed E-state index contributed by atoms with van der Waals surface area (Å²) in [6, 6.07) is 19.6. The van der Waals surface area contributed by atoms with Gasteiger partial charge in [-0.15, -0.1) is 0 Å². The largest absolute Gasteiger partial charge is 0.333 e. The molecule has 0 aliphatic heterocycles. The number of hydrogen-bond acceptors (Lipinski definition) is 2. The van der Waals surface area contributed by atoms with Crippen LogP contribution in [0, 0.1) is 0 Å². The van der Waals surface area contributed by atoms with Crippen LogP contribution in [0.2, 0.25) is 0 Å². The zero-order chi connectivity index (χ0) is 19.6. The van der Waals surface area contributed by atoms with Crippen LogP contribution in [0.5, 0.6) is 0 Å². The van der Waals surface area contributed by atoms with Crippen molar-refractivity contribution in [3.8, 4) is 0 Å². The third-order valence-corrected chi connectivity index (χ3v) is 4.21. The van der Waals surface area contributed by atoms with Crippen LogP contribution in [0.4, 0.5) is 0 Å². The first kappa shape index (κ1) is 20.2. The van der Waals surface area contributed by atoms with Crippen molar-refractivity contribution < 1.29 is 9.59 Å². The van der Waals surface area contributed by atoms with E-state index in [0.29, 0.717) is 31.8 Å². The summed E-state index contributed by atoms with van der Waals surface area (Å²) in [5.41, 5.74) is 2.56. The van der Waals surface area contributed by atoms with E-state index in [9.17, 15) is 9.59 Å². The minimum atomic E-state index is -0.152. The van der Waals surface area contributed by atoms with Gasteiger partial charge in [-0.25, -0.2) is 0 Å². The zero-order valence-corrected chi connectivity index (χ0v) is 15.8. The Labute approximate surface area is 161 Å². The second-order valence-corrected chi connectivity index (χ2v) is 6.44. The van der Waals surface area contributed by atoms with Crippen molar-refractivity contribution in [2.24, 2.45) is 0 Å². The van der Waals surface area contributed by atoms with Crippen LogP contribution in [0.25, 0.3) is 0 Å². The molecule has 0 spiro atoms. The fraction of sp³-hybridized carbons (Fsp3) is 0.217. The maximum atomic E-state index is 12.6. The standard InChI is InChI=1S/C23H26N2O2/c1-4-22(26)24(17-20-11-7-5-8-12-20)15-16-25(23(27)19(2)3)18-21-13-9-6-10-14-21/h4-14H,1-2,15-18H2,3H3. The Morgan fingerprint density at radius 2 is 1.30 bits per heavy atom. The van der Waals surface area contributed by atoms with E-state index < -0.39 is 0 Å². The topological polar surface area (TPSA) is 40.6 Å². The Bertz CT molecular complexity index is 785. The van der Waals surface area contributed by atoms with E-state index in [-0.39, 0.29) is 11.8 Å². The average Bonchev–Trinajstić information content (AvgIpc) is 2.70. The molecule has 2 amide bonds. The monoisotopic (exact) mass is 362 g/mol. The van der Waals surface area contributed by atoms with Gasteiger partial charge in [0.15, 0.2) is 0 Å². The molecule has 0 aromatic heterocycles. The van der Waals surface area contributed by atoms with Gasteiger partial charge in [-0.3, -0.25) is 9.59 Å². The molecule has 2 aromatic rings. The van der Waals surface area contributed by atoms with Gasteiger partial charge in [0, 0.05) is 31.8 Å². The fourth-order valence-electron chi connectivity index (χ4n) is 2.77. The molecule has 0 aliphatic carbocycles. The molecular weight excluding hydrogens is 336 g/mol. The second-order valence-electron chi connectivity index (χ2n) is 6.44. The fourth-order valence-corrected chi connectivity index (χ4v) is 2.77. The van der Waals surface area contributed by atoms with Gasteiger partial charge in [-0.1, -0.05) is 73.8 Å². The quantitative estimate of drug-likeness (QED) is 0.637. The molecule has 0 radical (unpaired) electrons. The Balaban J connectivity index is 2.11. The lowest BCUT2D eigenvalue weighted by atomic mass is 10.2. The Morgan fingerprint density at radius 1 is 0.852 bits per heavy atom. The Hall–Kier alpha value is -3.14. The van der Waals surface area contributed by atoms with Crippen LogP contribution in [-0.4, -0.2) is 34.7 Å². The van der Waals surface area contributed by atoms with Crippen LogP contribution in [0.3, 0.4) is 0 Å². The number of carbonyl (C=O) groups is 2. The van der Waals surface area contributed by atoms with Gasteiger partial charge in [0.25, 0.3) is 0 Å². The normalized spacial score (nSPS) is 10.1. The minimum absolute atomic E-state index is 0.107. The highest BCUT2D eigenvalue weighted by Gasteiger charge is 2.18. The first-order valence-electron chi connectivity index (χ1n) is 8.95. The van der Waals surface area contributed by atoms with Crippen molar-refractivity contribution in [1.29, 1.82) is 0 Å². The van der Waals surface area contributed by atoms with Crippen LogP contribution >= 0.6 is 0 Å². The average molecular weight is 362 g/mol. The lowest BCUT2D eigenvalue weighted by Gasteiger charge is -2.28. The van der Waals surface area contributed by atoms with Crippen LogP contribution in [0.15, 0.2) is 85.5 Å². The van der Waals surface area contributed by atoms with E-state index in [2.05, 4.69) is 13.2 Å². The van der Waals surface area contributed by atoms with E-state index in [1.54, 1.807) is 16.7 Å². The Kier molecular flexibility index (Phi) is 7.56. The highest BCUT2D eigenvalue weighted by atomic mass is 16.2. The minimum Gasteiger partial charge on any atom is -0.333 e. The zero-order valence-electron chi connectivity index (χ0n) is 15.8. The van der Waals surface area contributed by atoms with E-state index in [1.165, 1.54) is 6.08 Å². The van der Waals surface area contributed by atoms with Crippen molar-refractivity contribution in [3.05, 3.63) is 96.6 Å². The van der Waals surface area contributed by atoms with Gasteiger partial charge in [0.05, 0.1) is 0 Å². The molecule has 0 fully saturated rings. The summed E-state index contributed by atoms with van der Waals surface area (Å²) in [4.78, 5) is 28.3. The summed E-state index contributed by atoms with van der Waals surface area (Å²) in [6.07, 6.45) is 1.31. The van der Waals surface area contributed by atoms with Gasteiger partial charge >= 0.3 is 0 Å². The number of hydrogen-bond donors (Lipinski definition) is 0. The highest BCUT2D eigenvalue weighted by molar-refractivity contribution is 5.92. The second kappa shape index (κ2) is 10.1. The molecule has 0 unspecified atom stereocenters. The highest BCUT2D eigenvalue weighted by Crippen LogP contribution is 2.10. The van der Waals surface area contributed by atoms with Gasteiger partial charge in [0.2, 0.25) is 11.8 Å². The van der Waals surface area contributed by atoms with Crippen molar-refractivity contribution in [2.45, 2.75) is 20.0 Å². The molecule has 0 saturated carbocycles. The lowest BCUT2D eigenvalue weighted by molar-refractivity contribution is -0.131. The van der Waals surface area contributed by atoms with Gasteiger partial charge < -0.3 is 9.80 Å². The van der Waals surface area contributed by atoms with Gasteiger partial charge in [-0.2, -0.15) is 0 Å². The predicted molar refractivity (Wildman–Crippen MR) is 109 cm³/mol. The Morgan fingerprint density at radius 3 is 1.74 bits per heavy atom. The van der Waals surface area contributed by atoms with Crippen molar-refractivity contribution in [2.75, 3.05) is 13.1 Å². The molecule has 2 rings (SSSR count). The third-order valence-electron chi connectivity index (χ3n) is 4.21. The summed E-state index contributed by atoms with van der Waals surface area (Å²) in [5, 5.41) is 0. The van der Waals surface area contributed by atoms with E-state index in [1.807, 2.05) is 60.7 Å². The first-order chi connectivity index (χ1) is 13.0. The van der Waals surface area contributed by atoms with Gasteiger partial charge in [0.1, 0.15) is 0 Å². The van der Waals surface area contributed by atoms with Crippen LogP contribution in [0.1, 0.15) is 18.1 Å². The smallest absolute Gasteiger partial charge is 0.249 e. The van der Waals surface area contributed by atoms with Crippen molar-refractivity contribution in [1.82, 2.24) is 9.80 Å². The molecule has 140 valence electrons. The summed E-state index contributed by atoms with van der Waals surface area (Å²) >= 11 is 0. The molecule has 27 heavy (non-hydrogen) atoms. The van der Waals surface area contributed by atoms with E-state index in [0.717, 1.165) is 11.1 Å². The lowest BCUT2D eigenvalue weighted by Crippen LogP contribution is -2.40. The van der Waals surface area contributed by atoms with Gasteiger partial charge in [-0.05, 0) is 24.1 Å². The molecule has 0 atom stereocenters. The predicted octanol–water partition coefficient (Wildman–Crippen LogP) is 3.81. The van der Waals surface area contributed by atoms with E-state index >= 15 is 0 Å². The molecule has 4 heteroatoms. The number of amides is 2. The number of benzene rings is 2. The molecule has 4 nitrogen and oxygen atoms in total. The molecule has 0 bridgehead atoms. The molecule has 0 aliphatic rings. The molecule has 0 saturated heterocycles. The molecule has 0 N–H and O–H groups in total. The number of rotatable bonds is 9. The van der Waals surface area contributed by atoms with Crippen molar-refractivity contribution in [3.63, 3.8) is 0 Å². The first-order valence-corrected chi connectivity index (χ1v) is 8.95.